The molecule has 0 aliphatic heterocycles. The Morgan fingerprint density at radius 2 is 0.468 bits per heavy atom. The summed E-state index contributed by atoms with van der Waals surface area (Å²) in [6.07, 6.45) is 81.1. The van der Waals surface area contributed by atoms with Crippen LogP contribution in [0.1, 0.15) is 393 Å². The molecule has 0 fully saturated rings. The van der Waals surface area contributed by atoms with Crippen molar-refractivity contribution < 1.29 is 28.6 Å². The van der Waals surface area contributed by atoms with E-state index < -0.39 is 6.10 Å². The lowest BCUT2D eigenvalue weighted by atomic mass is 10.0. The molecule has 1 unspecified atom stereocenters. The first-order valence-electron chi connectivity index (χ1n) is 34.8. The average molecular weight is 1080 g/mol. The third kappa shape index (κ3) is 64.6. The molecule has 0 aliphatic carbocycles. The Balaban J connectivity index is 3.96. The lowest BCUT2D eigenvalue weighted by molar-refractivity contribution is -0.167. The topological polar surface area (TPSA) is 78.9 Å². The molecule has 0 saturated carbocycles. The third-order valence-electron chi connectivity index (χ3n) is 16.0. The highest BCUT2D eigenvalue weighted by molar-refractivity contribution is 5.71. The fourth-order valence-corrected chi connectivity index (χ4v) is 10.7. The number of carbonyl (C=O) groups is 3. The zero-order chi connectivity index (χ0) is 55.7. The van der Waals surface area contributed by atoms with Crippen LogP contribution in [-0.4, -0.2) is 37.2 Å². The predicted molar refractivity (Wildman–Crippen MR) is 335 cm³/mol. The van der Waals surface area contributed by atoms with Gasteiger partial charge in [-0.3, -0.25) is 14.4 Å². The molecule has 0 bridgehead atoms. The van der Waals surface area contributed by atoms with E-state index in [1.54, 1.807) is 0 Å². The minimum atomic E-state index is -0.767. The molecule has 0 aliphatic rings. The van der Waals surface area contributed by atoms with Gasteiger partial charge in [-0.2, -0.15) is 0 Å². The van der Waals surface area contributed by atoms with E-state index >= 15 is 0 Å². The minimum Gasteiger partial charge on any atom is -0.462 e. The van der Waals surface area contributed by atoms with Gasteiger partial charge in [-0.1, -0.05) is 347 Å². The van der Waals surface area contributed by atoms with E-state index in [9.17, 15) is 14.4 Å². The van der Waals surface area contributed by atoms with Crippen molar-refractivity contribution in [2.75, 3.05) is 13.2 Å². The second kappa shape index (κ2) is 66.4. The Labute approximate surface area is 481 Å². The smallest absolute Gasteiger partial charge is 0.306 e. The number of esters is 3. The SMILES string of the molecule is CCCCCCC/C=C\C/C=C\CCCCCCCCCCCCCC(=O)OC(COC(=O)CCCCCCCC)COC(=O)CCCCCCCCCCCCCCCCCCCCCCCCCCCCCCCC. The predicted octanol–water partition coefficient (Wildman–Crippen LogP) is 23.8. The van der Waals surface area contributed by atoms with Gasteiger partial charge < -0.3 is 14.2 Å². The van der Waals surface area contributed by atoms with Gasteiger partial charge in [0.15, 0.2) is 6.10 Å². The first kappa shape index (κ1) is 74.9. The van der Waals surface area contributed by atoms with Crippen LogP contribution in [0.25, 0.3) is 0 Å². The summed E-state index contributed by atoms with van der Waals surface area (Å²) in [6.45, 7) is 6.64. The number of carbonyl (C=O) groups excluding carboxylic acids is 3. The van der Waals surface area contributed by atoms with Crippen LogP contribution in [0.2, 0.25) is 0 Å². The first-order chi connectivity index (χ1) is 38.0. The molecule has 0 radical (unpaired) electrons. The van der Waals surface area contributed by atoms with E-state index in [0.717, 1.165) is 64.2 Å². The lowest BCUT2D eigenvalue weighted by Gasteiger charge is -2.18. The third-order valence-corrected chi connectivity index (χ3v) is 16.0. The summed E-state index contributed by atoms with van der Waals surface area (Å²) in [4.78, 5) is 38.1. The monoisotopic (exact) mass is 1080 g/mol. The molecule has 0 N–H and O–H groups in total. The molecule has 1 atom stereocenters. The van der Waals surface area contributed by atoms with Gasteiger partial charge in [0.2, 0.25) is 0 Å². The number of allylic oxidation sites excluding steroid dienone is 4. The number of hydrogen-bond donors (Lipinski definition) is 0. The van der Waals surface area contributed by atoms with Crippen LogP contribution in [0, 0.1) is 0 Å². The number of unbranched alkanes of at least 4 members (excludes halogenated alkanes) is 50. The highest BCUT2D eigenvalue weighted by atomic mass is 16.6. The standard InChI is InChI=1S/C71H134O6/c1-4-7-10-13-16-18-20-22-24-26-28-30-32-33-34-35-36-37-38-40-41-43-45-47-49-51-53-55-58-61-64-70(73)76-67-68(66-75-69(72)63-60-57-15-12-9-6-3)77-71(74)65-62-59-56-54-52-50-48-46-44-42-39-31-29-27-25-23-21-19-17-14-11-8-5-2/h21,23,27,29,68H,4-20,22,24-26,28,30-67H2,1-3H3/b23-21-,29-27-. The maximum atomic E-state index is 12.9. The highest BCUT2D eigenvalue weighted by Crippen LogP contribution is 2.19. The molecule has 6 heteroatoms. The molecule has 0 rings (SSSR count). The molecule has 0 amide bonds. The zero-order valence-corrected chi connectivity index (χ0v) is 52.3. The number of rotatable bonds is 65. The first-order valence-corrected chi connectivity index (χ1v) is 34.8. The molecule has 0 aromatic carbocycles. The van der Waals surface area contributed by atoms with Crippen molar-refractivity contribution in [3.8, 4) is 0 Å². The summed E-state index contributed by atoms with van der Waals surface area (Å²) in [5, 5.41) is 0. The van der Waals surface area contributed by atoms with Crippen LogP contribution >= 0.6 is 0 Å². The fourth-order valence-electron chi connectivity index (χ4n) is 10.7. The summed E-state index contributed by atoms with van der Waals surface area (Å²) in [5.74, 6) is -0.853. The van der Waals surface area contributed by atoms with Gasteiger partial charge >= 0.3 is 17.9 Å². The van der Waals surface area contributed by atoms with Crippen molar-refractivity contribution in [1.82, 2.24) is 0 Å². The molecule has 0 aromatic heterocycles. The van der Waals surface area contributed by atoms with Gasteiger partial charge in [-0.15, -0.1) is 0 Å². The second-order valence-corrected chi connectivity index (χ2v) is 23.8. The number of ether oxygens (including phenoxy) is 3. The van der Waals surface area contributed by atoms with Gasteiger partial charge in [0.25, 0.3) is 0 Å². The molecule has 0 saturated heterocycles. The summed E-state index contributed by atoms with van der Waals surface area (Å²) in [6, 6.07) is 0. The molecule has 77 heavy (non-hydrogen) atoms. The van der Waals surface area contributed by atoms with Crippen molar-refractivity contribution in [1.29, 1.82) is 0 Å². The van der Waals surface area contributed by atoms with E-state index in [1.807, 2.05) is 0 Å². The van der Waals surface area contributed by atoms with Gasteiger partial charge in [0, 0.05) is 19.3 Å². The van der Waals surface area contributed by atoms with Crippen molar-refractivity contribution in [2.24, 2.45) is 0 Å². The minimum absolute atomic E-state index is 0.0667. The quantitative estimate of drug-likeness (QED) is 0.0261. The normalized spacial score (nSPS) is 12.1. The van der Waals surface area contributed by atoms with Crippen LogP contribution in [0.4, 0.5) is 0 Å². The molecule has 0 aromatic rings. The fraction of sp³-hybridized carbons (Fsp3) is 0.901. The van der Waals surface area contributed by atoms with Crippen molar-refractivity contribution in [3.05, 3.63) is 24.3 Å². The zero-order valence-electron chi connectivity index (χ0n) is 52.3. The van der Waals surface area contributed by atoms with Gasteiger partial charge in [-0.05, 0) is 51.4 Å². The Kier molecular flexibility index (Phi) is 64.6. The average Bonchev–Trinajstić information content (AvgIpc) is 3.43. The van der Waals surface area contributed by atoms with E-state index in [-0.39, 0.29) is 31.1 Å². The lowest BCUT2D eigenvalue weighted by Crippen LogP contribution is -2.30. The van der Waals surface area contributed by atoms with Crippen LogP contribution in [0.3, 0.4) is 0 Å². The Morgan fingerprint density at radius 1 is 0.260 bits per heavy atom. The second-order valence-electron chi connectivity index (χ2n) is 23.8. The van der Waals surface area contributed by atoms with Crippen LogP contribution < -0.4 is 0 Å². The van der Waals surface area contributed by atoms with Crippen molar-refractivity contribution in [2.45, 2.75) is 399 Å². The molecule has 454 valence electrons. The van der Waals surface area contributed by atoms with Crippen molar-refractivity contribution >= 4 is 17.9 Å². The van der Waals surface area contributed by atoms with Crippen LogP contribution in [0.5, 0.6) is 0 Å². The molecule has 6 nitrogen and oxygen atoms in total. The van der Waals surface area contributed by atoms with Gasteiger partial charge in [-0.25, -0.2) is 0 Å². The molecular formula is C71H134O6. The van der Waals surface area contributed by atoms with E-state index in [2.05, 4.69) is 45.1 Å². The Hall–Kier alpha value is -2.11. The maximum absolute atomic E-state index is 12.9. The Bertz CT molecular complexity index is 1240. The maximum Gasteiger partial charge on any atom is 0.306 e. The van der Waals surface area contributed by atoms with E-state index in [1.165, 1.54) is 289 Å². The highest BCUT2D eigenvalue weighted by Gasteiger charge is 2.19. The van der Waals surface area contributed by atoms with Crippen molar-refractivity contribution in [3.63, 3.8) is 0 Å². The molecule has 0 spiro atoms. The largest absolute Gasteiger partial charge is 0.462 e. The Morgan fingerprint density at radius 3 is 0.714 bits per heavy atom. The van der Waals surface area contributed by atoms with E-state index in [0.29, 0.717) is 19.3 Å². The van der Waals surface area contributed by atoms with E-state index in [4.69, 9.17) is 14.2 Å². The van der Waals surface area contributed by atoms with Crippen LogP contribution in [0.15, 0.2) is 24.3 Å². The summed E-state index contributed by atoms with van der Waals surface area (Å²) in [7, 11) is 0. The summed E-state index contributed by atoms with van der Waals surface area (Å²) < 4.78 is 16.9. The molecule has 0 heterocycles. The van der Waals surface area contributed by atoms with Gasteiger partial charge in [0.05, 0.1) is 0 Å². The van der Waals surface area contributed by atoms with Crippen LogP contribution in [-0.2, 0) is 28.6 Å². The summed E-state index contributed by atoms with van der Waals surface area (Å²) >= 11 is 0. The summed E-state index contributed by atoms with van der Waals surface area (Å²) in [5.41, 5.74) is 0. The van der Waals surface area contributed by atoms with Gasteiger partial charge in [0.1, 0.15) is 13.2 Å². The molecular weight excluding hydrogens is 949 g/mol. The number of hydrogen-bond acceptors (Lipinski definition) is 6.